The summed E-state index contributed by atoms with van der Waals surface area (Å²) in [4.78, 5) is 10.8. The zero-order valence-corrected chi connectivity index (χ0v) is 10.1. The molecule has 0 fully saturated rings. The van der Waals surface area contributed by atoms with Crippen molar-refractivity contribution >= 4 is 48.7 Å². The molecule has 0 radical (unpaired) electrons. The average molecular weight is 312 g/mol. The number of hydrogen-bond donors (Lipinski definition) is 0. The highest BCUT2D eigenvalue weighted by atomic mass is 79.9. The molecular formula is C8H5Br2ClO. The van der Waals surface area contributed by atoms with E-state index in [9.17, 15) is 4.79 Å². The fraction of sp³-hybridized carbons (Fsp3) is 0.125. The van der Waals surface area contributed by atoms with E-state index in [1.807, 2.05) is 13.0 Å². The summed E-state index contributed by atoms with van der Waals surface area (Å²) < 4.78 is 1.66. The molecule has 0 N–H and O–H groups in total. The second kappa shape index (κ2) is 3.90. The Morgan fingerprint density at radius 3 is 2.42 bits per heavy atom. The van der Waals surface area contributed by atoms with Crippen molar-refractivity contribution in [3.05, 3.63) is 32.2 Å². The van der Waals surface area contributed by atoms with Crippen LogP contribution in [0.5, 0.6) is 0 Å². The van der Waals surface area contributed by atoms with Crippen molar-refractivity contribution < 1.29 is 4.79 Å². The van der Waals surface area contributed by atoms with Crippen molar-refractivity contribution in [2.24, 2.45) is 0 Å². The van der Waals surface area contributed by atoms with Gasteiger partial charge < -0.3 is 0 Å². The summed E-state index contributed by atoms with van der Waals surface area (Å²) in [5.74, 6) is 0. The predicted octanol–water partition coefficient (Wildman–Crippen LogP) is 3.90. The van der Waals surface area contributed by atoms with Gasteiger partial charge in [0.15, 0.2) is 0 Å². The number of rotatable bonds is 1. The van der Waals surface area contributed by atoms with Gasteiger partial charge in [0.05, 0.1) is 0 Å². The van der Waals surface area contributed by atoms with E-state index in [-0.39, 0.29) is 0 Å². The fourth-order valence-electron chi connectivity index (χ4n) is 0.808. The minimum Gasteiger partial charge on any atom is -0.276 e. The maximum Gasteiger partial charge on any atom is 0.253 e. The molecule has 0 atom stereocenters. The number of carbonyl (C=O) groups excluding carboxylic acids is 1. The first-order valence-electron chi connectivity index (χ1n) is 3.18. The lowest BCUT2D eigenvalue weighted by molar-refractivity contribution is 0.108. The van der Waals surface area contributed by atoms with Crippen LogP contribution in [0, 0.1) is 6.92 Å². The molecule has 0 aromatic heterocycles. The van der Waals surface area contributed by atoms with Crippen molar-refractivity contribution in [2.75, 3.05) is 0 Å². The van der Waals surface area contributed by atoms with E-state index in [1.54, 1.807) is 6.07 Å². The summed E-state index contributed by atoms with van der Waals surface area (Å²) in [6.45, 7) is 1.90. The minimum absolute atomic E-state index is 0.447. The Hall–Kier alpha value is 0.140. The molecule has 1 rings (SSSR count). The first-order valence-corrected chi connectivity index (χ1v) is 5.14. The van der Waals surface area contributed by atoms with Crippen molar-refractivity contribution in [1.29, 1.82) is 0 Å². The van der Waals surface area contributed by atoms with Crippen molar-refractivity contribution in [3.8, 4) is 0 Å². The third kappa shape index (κ3) is 2.09. The molecular weight excluding hydrogens is 307 g/mol. The van der Waals surface area contributed by atoms with Crippen molar-refractivity contribution in [2.45, 2.75) is 6.92 Å². The van der Waals surface area contributed by atoms with Gasteiger partial charge in [-0.1, -0.05) is 15.9 Å². The van der Waals surface area contributed by atoms with Crippen LogP contribution < -0.4 is 0 Å². The van der Waals surface area contributed by atoms with Gasteiger partial charge in [-0.3, -0.25) is 4.79 Å². The van der Waals surface area contributed by atoms with Gasteiger partial charge in [0.1, 0.15) is 0 Å². The number of halogens is 3. The summed E-state index contributed by atoms with van der Waals surface area (Å²) in [6, 6.07) is 3.55. The van der Waals surface area contributed by atoms with Crippen LogP contribution in [0.1, 0.15) is 15.9 Å². The number of hydrogen-bond acceptors (Lipinski definition) is 1. The largest absolute Gasteiger partial charge is 0.276 e. The third-order valence-corrected chi connectivity index (χ3v) is 3.17. The van der Waals surface area contributed by atoms with Gasteiger partial charge in [-0.15, -0.1) is 0 Å². The molecule has 0 aliphatic rings. The molecule has 0 bridgehead atoms. The summed E-state index contributed by atoms with van der Waals surface area (Å²) in [7, 11) is 0. The first-order chi connectivity index (χ1) is 5.52. The Bertz CT molecular complexity index is 336. The van der Waals surface area contributed by atoms with Gasteiger partial charge in [0, 0.05) is 14.5 Å². The minimum atomic E-state index is -0.447. The molecule has 4 heteroatoms. The van der Waals surface area contributed by atoms with Crippen LogP contribution in [-0.2, 0) is 0 Å². The molecule has 0 aliphatic carbocycles. The highest BCUT2D eigenvalue weighted by Gasteiger charge is 2.08. The lowest BCUT2D eigenvalue weighted by atomic mass is 10.2. The summed E-state index contributed by atoms with van der Waals surface area (Å²) in [5.41, 5.74) is 1.49. The quantitative estimate of drug-likeness (QED) is 0.719. The van der Waals surface area contributed by atoms with Crippen molar-refractivity contribution in [3.63, 3.8) is 0 Å². The van der Waals surface area contributed by atoms with Crippen LogP contribution in [0.25, 0.3) is 0 Å². The SMILES string of the molecule is Cc1cc(C(=O)Cl)c(Br)cc1Br. The highest BCUT2D eigenvalue weighted by molar-refractivity contribution is 9.11. The standard InChI is InChI=1S/C8H5Br2ClO/c1-4-2-5(8(11)12)7(10)3-6(4)9/h2-3H,1H3. The smallest absolute Gasteiger partial charge is 0.253 e. The monoisotopic (exact) mass is 310 g/mol. The molecule has 0 spiro atoms. The highest BCUT2D eigenvalue weighted by Crippen LogP contribution is 2.26. The van der Waals surface area contributed by atoms with E-state index in [1.165, 1.54) is 0 Å². The molecule has 0 heterocycles. The van der Waals surface area contributed by atoms with Gasteiger partial charge in [-0.05, 0) is 52.2 Å². The lowest BCUT2D eigenvalue weighted by Gasteiger charge is -2.02. The molecule has 12 heavy (non-hydrogen) atoms. The molecule has 64 valence electrons. The Morgan fingerprint density at radius 1 is 1.33 bits per heavy atom. The molecule has 0 aliphatic heterocycles. The fourth-order valence-corrected chi connectivity index (χ4v) is 2.25. The van der Waals surface area contributed by atoms with Gasteiger partial charge in [0.25, 0.3) is 5.24 Å². The second-order valence-corrected chi connectivity index (χ2v) is 4.41. The summed E-state index contributed by atoms with van der Waals surface area (Å²) >= 11 is 11.9. The Balaban J connectivity index is 3.33. The normalized spacial score (nSPS) is 10.0. The molecule has 1 nitrogen and oxygen atoms in total. The van der Waals surface area contributed by atoms with E-state index in [0.717, 1.165) is 10.0 Å². The maximum absolute atomic E-state index is 10.8. The summed E-state index contributed by atoms with van der Waals surface area (Å²) in [5, 5.41) is -0.447. The molecule has 1 aromatic carbocycles. The first kappa shape index (κ1) is 10.2. The zero-order chi connectivity index (χ0) is 9.30. The van der Waals surface area contributed by atoms with E-state index >= 15 is 0 Å². The average Bonchev–Trinajstić information content (AvgIpc) is 1.96. The number of benzene rings is 1. The van der Waals surface area contributed by atoms with Crippen LogP contribution >= 0.6 is 43.5 Å². The van der Waals surface area contributed by atoms with Crippen molar-refractivity contribution in [1.82, 2.24) is 0 Å². The Labute approximate surface area is 92.4 Å². The van der Waals surface area contributed by atoms with Crippen LogP contribution in [-0.4, -0.2) is 5.24 Å². The molecule has 1 aromatic rings. The van der Waals surface area contributed by atoms with Gasteiger partial charge >= 0.3 is 0 Å². The van der Waals surface area contributed by atoms with Gasteiger partial charge in [0.2, 0.25) is 0 Å². The number of carbonyl (C=O) groups is 1. The van der Waals surface area contributed by atoms with Crippen LogP contribution in [0.15, 0.2) is 21.1 Å². The Kier molecular flexibility index (Phi) is 3.32. The second-order valence-electron chi connectivity index (χ2n) is 2.35. The van der Waals surface area contributed by atoms with Gasteiger partial charge in [-0.25, -0.2) is 0 Å². The lowest BCUT2D eigenvalue weighted by Crippen LogP contribution is -1.92. The van der Waals surface area contributed by atoms with Crippen LogP contribution in [0.3, 0.4) is 0 Å². The predicted molar refractivity (Wildman–Crippen MR) is 56.8 cm³/mol. The summed E-state index contributed by atoms with van der Waals surface area (Å²) in [6.07, 6.45) is 0. The van der Waals surface area contributed by atoms with E-state index in [0.29, 0.717) is 10.0 Å². The molecule has 0 amide bonds. The zero-order valence-electron chi connectivity index (χ0n) is 6.20. The molecule has 0 saturated heterocycles. The van der Waals surface area contributed by atoms with E-state index in [4.69, 9.17) is 11.6 Å². The van der Waals surface area contributed by atoms with Crippen LogP contribution in [0.2, 0.25) is 0 Å². The third-order valence-electron chi connectivity index (χ3n) is 1.46. The van der Waals surface area contributed by atoms with E-state index in [2.05, 4.69) is 31.9 Å². The Morgan fingerprint density at radius 2 is 1.92 bits per heavy atom. The molecule has 0 saturated carbocycles. The molecule has 0 unspecified atom stereocenters. The van der Waals surface area contributed by atoms with E-state index < -0.39 is 5.24 Å². The topological polar surface area (TPSA) is 17.1 Å². The maximum atomic E-state index is 10.8. The van der Waals surface area contributed by atoms with Crippen LogP contribution in [0.4, 0.5) is 0 Å². The number of aryl methyl sites for hydroxylation is 1. The van der Waals surface area contributed by atoms with Gasteiger partial charge in [-0.2, -0.15) is 0 Å².